The van der Waals surface area contributed by atoms with Gasteiger partial charge in [-0.05, 0) is 18.6 Å². The monoisotopic (exact) mass is 298 g/mol. The van der Waals surface area contributed by atoms with E-state index in [2.05, 4.69) is 45.3 Å². The van der Waals surface area contributed by atoms with Crippen molar-refractivity contribution < 1.29 is 4.79 Å². The van der Waals surface area contributed by atoms with Crippen LogP contribution in [0, 0.1) is 0 Å². The summed E-state index contributed by atoms with van der Waals surface area (Å²) in [5.74, 6) is 0.115. The third-order valence-electron chi connectivity index (χ3n) is 2.51. The number of benzene rings is 1. The largest absolute Gasteiger partial charge is 0.375 e. The highest BCUT2D eigenvalue weighted by molar-refractivity contribution is 9.09. The first-order valence-corrected chi connectivity index (χ1v) is 6.95. The zero-order valence-electron chi connectivity index (χ0n) is 10.2. The number of rotatable bonds is 7. The minimum Gasteiger partial charge on any atom is -0.375 e. The molecule has 0 bridgehead atoms. The average molecular weight is 299 g/mol. The lowest BCUT2D eigenvalue weighted by Crippen LogP contribution is -2.28. The summed E-state index contributed by atoms with van der Waals surface area (Å²) in [6.07, 6.45) is 1.51. The van der Waals surface area contributed by atoms with Gasteiger partial charge in [0.25, 0.3) is 0 Å². The van der Waals surface area contributed by atoms with Gasteiger partial charge in [0.05, 0.1) is 0 Å². The van der Waals surface area contributed by atoms with Gasteiger partial charge < -0.3 is 10.2 Å². The Morgan fingerprint density at radius 3 is 2.71 bits per heavy atom. The van der Waals surface area contributed by atoms with Crippen molar-refractivity contribution in [3.05, 3.63) is 30.3 Å². The molecule has 3 nitrogen and oxygen atoms in total. The number of carbonyl (C=O) groups is 1. The molecule has 1 aromatic rings. The van der Waals surface area contributed by atoms with E-state index in [9.17, 15) is 4.79 Å². The second kappa shape index (κ2) is 8.12. The number of nitrogens with zero attached hydrogens (tertiary/aromatic N) is 1. The Kier molecular flexibility index (Phi) is 6.70. The smallest absolute Gasteiger partial charge is 0.220 e. The number of para-hydroxylation sites is 1. The molecule has 1 N–H and O–H groups in total. The molecular formula is C13H19BrN2O. The van der Waals surface area contributed by atoms with Crippen molar-refractivity contribution in [2.24, 2.45) is 0 Å². The topological polar surface area (TPSA) is 32.3 Å². The molecule has 17 heavy (non-hydrogen) atoms. The van der Waals surface area contributed by atoms with Gasteiger partial charge in [-0.15, -0.1) is 0 Å². The van der Waals surface area contributed by atoms with Crippen LogP contribution in [-0.2, 0) is 4.79 Å². The minimum absolute atomic E-state index is 0.115. The van der Waals surface area contributed by atoms with Crippen LogP contribution < -0.4 is 10.2 Å². The highest BCUT2D eigenvalue weighted by Crippen LogP contribution is 2.10. The number of hydrogen-bond donors (Lipinski definition) is 1. The minimum atomic E-state index is 0.115. The summed E-state index contributed by atoms with van der Waals surface area (Å²) in [4.78, 5) is 13.4. The number of alkyl halides is 1. The van der Waals surface area contributed by atoms with Crippen LogP contribution in [0.5, 0.6) is 0 Å². The highest BCUT2D eigenvalue weighted by atomic mass is 79.9. The molecule has 0 aliphatic carbocycles. The molecule has 0 saturated carbocycles. The predicted octanol–water partition coefficient (Wildman–Crippen LogP) is 2.41. The second-order valence-corrected chi connectivity index (χ2v) is 4.69. The average Bonchev–Trinajstić information content (AvgIpc) is 2.36. The summed E-state index contributed by atoms with van der Waals surface area (Å²) in [5, 5.41) is 3.62. The highest BCUT2D eigenvalue weighted by Gasteiger charge is 2.01. The van der Waals surface area contributed by atoms with Crippen LogP contribution in [0.4, 0.5) is 5.69 Å². The first-order valence-electron chi connectivity index (χ1n) is 5.83. The molecule has 0 heterocycles. The van der Waals surface area contributed by atoms with E-state index in [-0.39, 0.29) is 5.91 Å². The fourth-order valence-electron chi connectivity index (χ4n) is 1.53. The van der Waals surface area contributed by atoms with Crippen LogP contribution in [0.25, 0.3) is 0 Å². The van der Waals surface area contributed by atoms with Gasteiger partial charge in [-0.1, -0.05) is 34.1 Å². The van der Waals surface area contributed by atoms with Gasteiger partial charge in [-0.25, -0.2) is 0 Å². The molecule has 4 heteroatoms. The molecule has 0 unspecified atom stereocenters. The lowest BCUT2D eigenvalue weighted by molar-refractivity contribution is -0.120. The summed E-state index contributed by atoms with van der Waals surface area (Å²) in [7, 11) is 2.07. The summed E-state index contributed by atoms with van der Waals surface area (Å²) in [5.41, 5.74) is 1.21. The van der Waals surface area contributed by atoms with Gasteiger partial charge in [0.2, 0.25) is 5.91 Å². The first-order chi connectivity index (χ1) is 8.24. The standard InChI is InChI=1S/C13H19BrN2O/c1-16(12-6-3-2-4-7-12)11-5-10-15-13(17)8-9-14/h2-4,6-7H,5,8-11H2,1H3,(H,15,17). The molecule has 94 valence electrons. The van der Waals surface area contributed by atoms with E-state index in [1.807, 2.05) is 18.2 Å². The lowest BCUT2D eigenvalue weighted by Gasteiger charge is -2.19. The number of hydrogen-bond acceptors (Lipinski definition) is 2. The van der Waals surface area contributed by atoms with E-state index >= 15 is 0 Å². The van der Waals surface area contributed by atoms with Crippen LogP contribution in [0.1, 0.15) is 12.8 Å². The van der Waals surface area contributed by atoms with Crippen molar-refractivity contribution >= 4 is 27.5 Å². The number of amides is 1. The number of carbonyl (C=O) groups excluding carboxylic acids is 1. The maximum Gasteiger partial charge on any atom is 0.220 e. The van der Waals surface area contributed by atoms with E-state index < -0.39 is 0 Å². The van der Waals surface area contributed by atoms with Crippen LogP contribution in [0.3, 0.4) is 0 Å². The molecule has 0 fully saturated rings. The lowest BCUT2D eigenvalue weighted by atomic mass is 10.3. The third kappa shape index (κ3) is 5.73. The normalized spacial score (nSPS) is 10.0. The van der Waals surface area contributed by atoms with Crippen molar-refractivity contribution in [1.29, 1.82) is 0 Å². The summed E-state index contributed by atoms with van der Waals surface area (Å²) < 4.78 is 0. The fraction of sp³-hybridized carbons (Fsp3) is 0.462. The molecule has 0 saturated heterocycles. The Labute approximate surface area is 111 Å². The van der Waals surface area contributed by atoms with E-state index in [0.717, 1.165) is 24.8 Å². The summed E-state index contributed by atoms with van der Waals surface area (Å²) in [6.45, 7) is 1.68. The van der Waals surface area contributed by atoms with Crippen molar-refractivity contribution in [2.45, 2.75) is 12.8 Å². The van der Waals surface area contributed by atoms with E-state index in [4.69, 9.17) is 0 Å². The van der Waals surface area contributed by atoms with Crippen LogP contribution in [-0.4, -0.2) is 31.4 Å². The Bertz CT molecular complexity index is 329. The van der Waals surface area contributed by atoms with E-state index in [1.54, 1.807) is 0 Å². The molecule has 1 rings (SSSR count). The molecule has 0 aromatic heterocycles. The molecule has 0 radical (unpaired) electrons. The van der Waals surface area contributed by atoms with Gasteiger partial charge >= 0.3 is 0 Å². The molecule has 1 aromatic carbocycles. The zero-order chi connectivity index (χ0) is 12.5. The van der Waals surface area contributed by atoms with Gasteiger partial charge in [-0.3, -0.25) is 4.79 Å². The van der Waals surface area contributed by atoms with Crippen molar-refractivity contribution in [2.75, 3.05) is 30.4 Å². The number of nitrogens with one attached hydrogen (secondary N) is 1. The SMILES string of the molecule is CN(CCCNC(=O)CCBr)c1ccccc1. The third-order valence-corrected chi connectivity index (χ3v) is 2.91. The Hall–Kier alpha value is -1.03. The van der Waals surface area contributed by atoms with Gasteiger partial charge in [0.15, 0.2) is 0 Å². The number of halogens is 1. The van der Waals surface area contributed by atoms with Crippen LogP contribution >= 0.6 is 15.9 Å². The maximum atomic E-state index is 11.2. The molecule has 1 amide bonds. The molecule has 0 atom stereocenters. The van der Waals surface area contributed by atoms with Crippen LogP contribution in [0.15, 0.2) is 30.3 Å². The van der Waals surface area contributed by atoms with Gasteiger partial charge in [0, 0.05) is 37.6 Å². The van der Waals surface area contributed by atoms with E-state index in [0.29, 0.717) is 6.42 Å². The predicted molar refractivity (Wildman–Crippen MR) is 75.7 cm³/mol. The summed E-state index contributed by atoms with van der Waals surface area (Å²) >= 11 is 3.24. The fourth-order valence-corrected chi connectivity index (χ4v) is 1.89. The maximum absolute atomic E-state index is 11.2. The molecule has 0 aliphatic heterocycles. The van der Waals surface area contributed by atoms with Crippen molar-refractivity contribution in [3.8, 4) is 0 Å². The zero-order valence-corrected chi connectivity index (χ0v) is 11.7. The molecular weight excluding hydrogens is 280 g/mol. The van der Waals surface area contributed by atoms with Gasteiger partial charge in [0.1, 0.15) is 0 Å². The van der Waals surface area contributed by atoms with Gasteiger partial charge in [-0.2, -0.15) is 0 Å². The van der Waals surface area contributed by atoms with Crippen molar-refractivity contribution in [3.63, 3.8) is 0 Å². The second-order valence-electron chi connectivity index (χ2n) is 3.90. The Morgan fingerprint density at radius 2 is 2.06 bits per heavy atom. The Morgan fingerprint density at radius 1 is 1.35 bits per heavy atom. The number of anilines is 1. The Balaban J connectivity index is 2.17. The first kappa shape index (κ1) is 14.0. The molecule has 0 aliphatic rings. The quantitative estimate of drug-likeness (QED) is 0.619. The van der Waals surface area contributed by atoms with E-state index in [1.165, 1.54) is 5.69 Å². The van der Waals surface area contributed by atoms with Crippen molar-refractivity contribution in [1.82, 2.24) is 5.32 Å². The van der Waals surface area contributed by atoms with Crippen LogP contribution in [0.2, 0.25) is 0 Å². The molecule has 0 spiro atoms. The summed E-state index contributed by atoms with van der Waals surface area (Å²) in [6, 6.07) is 10.2.